The molecule has 0 aliphatic carbocycles. The molecule has 1 N–H and O–H groups in total. The molecule has 0 aromatic heterocycles. The molecule has 0 bridgehead atoms. The largest absolute Gasteiger partial charge is 0.310 e. The smallest absolute Gasteiger partial charge is 0.142 e. The summed E-state index contributed by atoms with van der Waals surface area (Å²) in [6, 6.07) is 11.2. The number of hydrogen-bond donors (Lipinski definition) is 1. The van der Waals surface area contributed by atoms with Crippen LogP contribution in [0, 0.1) is 9.39 Å². The lowest BCUT2D eigenvalue weighted by Crippen LogP contribution is -2.24. The van der Waals surface area contributed by atoms with Gasteiger partial charge in [-0.3, -0.25) is 0 Å². The average molecular weight is 483 g/mol. The molecule has 0 fully saturated rings. The summed E-state index contributed by atoms with van der Waals surface area (Å²) >= 11 is 11.9. The van der Waals surface area contributed by atoms with Gasteiger partial charge in [-0.2, -0.15) is 0 Å². The van der Waals surface area contributed by atoms with E-state index in [0.29, 0.717) is 6.42 Å². The van der Waals surface area contributed by atoms with E-state index in [4.69, 9.17) is 11.6 Å². The third kappa shape index (κ3) is 4.41. The first-order chi connectivity index (χ1) is 10.0. The van der Waals surface area contributed by atoms with Gasteiger partial charge in [0.05, 0.1) is 5.02 Å². The van der Waals surface area contributed by atoms with Crippen LogP contribution in [0.4, 0.5) is 4.39 Å². The van der Waals surface area contributed by atoms with E-state index in [1.807, 2.05) is 12.1 Å². The van der Waals surface area contributed by atoms with Crippen molar-refractivity contribution in [1.82, 2.24) is 5.32 Å². The zero-order valence-electron chi connectivity index (χ0n) is 11.5. The minimum atomic E-state index is -0.367. The molecule has 2 aromatic rings. The van der Waals surface area contributed by atoms with Gasteiger partial charge in [0.15, 0.2) is 0 Å². The lowest BCUT2D eigenvalue weighted by atomic mass is 9.98. The fraction of sp³-hybridized carbons (Fsp3) is 0.250. The predicted octanol–water partition coefficient (Wildman–Crippen LogP) is 5.74. The summed E-state index contributed by atoms with van der Waals surface area (Å²) in [7, 11) is 0. The molecule has 5 heteroatoms. The van der Waals surface area contributed by atoms with Crippen molar-refractivity contribution in [3.8, 4) is 0 Å². The zero-order valence-corrected chi connectivity index (χ0v) is 16.0. The highest BCUT2D eigenvalue weighted by Gasteiger charge is 2.17. The van der Waals surface area contributed by atoms with Crippen LogP contribution in [0.3, 0.4) is 0 Å². The van der Waals surface area contributed by atoms with Crippen LogP contribution in [-0.2, 0) is 6.42 Å². The fourth-order valence-corrected chi connectivity index (χ4v) is 3.54. The normalized spacial score (nSPS) is 12.4. The Balaban J connectivity index is 2.35. The summed E-state index contributed by atoms with van der Waals surface area (Å²) in [4.78, 5) is 0. The average Bonchev–Trinajstić information content (AvgIpc) is 2.46. The monoisotopic (exact) mass is 481 g/mol. The van der Waals surface area contributed by atoms with Gasteiger partial charge in [-0.25, -0.2) is 4.39 Å². The molecule has 0 saturated heterocycles. The number of halogens is 4. The van der Waals surface area contributed by atoms with E-state index in [0.717, 1.165) is 16.6 Å². The van der Waals surface area contributed by atoms with E-state index in [1.165, 1.54) is 15.2 Å². The summed E-state index contributed by atoms with van der Waals surface area (Å²) in [5.74, 6) is -0.367. The second-order valence-electron chi connectivity index (χ2n) is 4.69. The second kappa shape index (κ2) is 7.90. The van der Waals surface area contributed by atoms with Crippen LogP contribution in [0.15, 0.2) is 40.9 Å². The van der Waals surface area contributed by atoms with E-state index in [9.17, 15) is 4.39 Å². The second-order valence-corrected chi connectivity index (χ2v) is 7.15. The molecule has 2 aromatic carbocycles. The maximum atomic E-state index is 13.6. The van der Waals surface area contributed by atoms with Gasteiger partial charge in [0, 0.05) is 14.1 Å². The van der Waals surface area contributed by atoms with Crippen molar-refractivity contribution >= 4 is 50.1 Å². The molecular weight excluding hydrogens is 467 g/mol. The van der Waals surface area contributed by atoms with Gasteiger partial charge in [0.25, 0.3) is 0 Å². The van der Waals surface area contributed by atoms with Crippen molar-refractivity contribution in [3.63, 3.8) is 0 Å². The Morgan fingerprint density at radius 3 is 2.81 bits per heavy atom. The SMILES string of the molecule is CCNC(Cc1cccc(F)c1Cl)c1cc(Br)ccc1I. The van der Waals surface area contributed by atoms with Gasteiger partial charge >= 0.3 is 0 Å². The molecule has 1 nitrogen and oxygen atoms in total. The first-order valence-corrected chi connectivity index (χ1v) is 8.89. The summed E-state index contributed by atoms with van der Waals surface area (Å²) in [5.41, 5.74) is 2.01. The van der Waals surface area contributed by atoms with E-state index >= 15 is 0 Å². The summed E-state index contributed by atoms with van der Waals surface area (Å²) < 4.78 is 15.8. The molecule has 2 rings (SSSR count). The highest BCUT2D eigenvalue weighted by molar-refractivity contribution is 14.1. The maximum Gasteiger partial charge on any atom is 0.142 e. The Kier molecular flexibility index (Phi) is 6.47. The van der Waals surface area contributed by atoms with Crippen LogP contribution in [0.2, 0.25) is 5.02 Å². The van der Waals surface area contributed by atoms with E-state index in [1.54, 1.807) is 6.07 Å². The standard InChI is InChI=1S/C16H15BrClFIN/c1-2-21-15(12-9-11(17)6-7-14(12)20)8-10-4-3-5-13(19)16(10)18/h3-7,9,15,21H,2,8H2,1H3. The van der Waals surface area contributed by atoms with Gasteiger partial charge in [-0.15, -0.1) is 0 Å². The molecule has 0 heterocycles. The quantitative estimate of drug-likeness (QED) is 0.536. The third-order valence-corrected chi connectivity index (χ3v) is 5.14. The van der Waals surface area contributed by atoms with Crippen LogP contribution in [0.25, 0.3) is 0 Å². The van der Waals surface area contributed by atoms with Crippen molar-refractivity contribution in [2.75, 3.05) is 6.54 Å². The number of benzene rings is 2. The van der Waals surface area contributed by atoms with Gasteiger partial charge in [-0.1, -0.05) is 46.6 Å². The lowest BCUT2D eigenvalue weighted by molar-refractivity contribution is 0.544. The molecule has 0 aliphatic rings. The Hall–Kier alpha value is -0.170. The molecule has 0 radical (unpaired) electrons. The van der Waals surface area contributed by atoms with Crippen LogP contribution in [-0.4, -0.2) is 6.54 Å². The number of nitrogens with one attached hydrogen (secondary N) is 1. The molecule has 1 unspecified atom stereocenters. The van der Waals surface area contributed by atoms with Gasteiger partial charge < -0.3 is 5.32 Å². The minimum absolute atomic E-state index is 0.0960. The Morgan fingerprint density at radius 1 is 1.33 bits per heavy atom. The Labute approximate surface area is 151 Å². The topological polar surface area (TPSA) is 12.0 Å². The third-order valence-electron chi connectivity index (χ3n) is 3.24. The maximum absolute atomic E-state index is 13.6. The zero-order chi connectivity index (χ0) is 15.4. The van der Waals surface area contributed by atoms with Crippen molar-refractivity contribution in [2.45, 2.75) is 19.4 Å². The minimum Gasteiger partial charge on any atom is -0.310 e. The van der Waals surface area contributed by atoms with Gasteiger partial charge in [0.2, 0.25) is 0 Å². The highest BCUT2D eigenvalue weighted by Crippen LogP contribution is 2.29. The van der Waals surface area contributed by atoms with E-state index < -0.39 is 0 Å². The predicted molar refractivity (Wildman–Crippen MR) is 98.4 cm³/mol. The lowest BCUT2D eigenvalue weighted by Gasteiger charge is -2.21. The van der Waals surface area contributed by atoms with Gasteiger partial charge in [-0.05, 0) is 70.9 Å². The van der Waals surface area contributed by atoms with Crippen molar-refractivity contribution in [3.05, 3.63) is 66.4 Å². The van der Waals surface area contributed by atoms with E-state index in [-0.39, 0.29) is 16.9 Å². The summed E-state index contributed by atoms with van der Waals surface area (Å²) in [6.07, 6.45) is 0.650. The van der Waals surface area contributed by atoms with E-state index in [2.05, 4.69) is 62.9 Å². The molecule has 0 aliphatic heterocycles. The van der Waals surface area contributed by atoms with Crippen LogP contribution in [0.5, 0.6) is 0 Å². The number of rotatable bonds is 5. The number of hydrogen-bond acceptors (Lipinski definition) is 1. The molecule has 0 amide bonds. The Bertz CT molecular complexity index is 636. The van der Waals surface area contributed by atoms with Crippen molar-refractivity contribution in [1.29, 1.82) is 0 Å². The van der Waals surface area contributed by atoms with Crippen LogP contribution >= 0.6 is 50.1 Å². The van der Waals surface area contributed by atoms with Crippen molar-refractivity contribution < 1.29 is 4.39 Å². The van der Waals surface area contributed by atoms with Gasteiger partial charge in [0.1, 0.15) is 5.82 Å². The highest BCUT2D eigenvalue weighted by atomic mass is 127. The number of likely N-dealkylation sites (N-methyl/N-ethyl adjacent to an activating group) is 1. The first kappa shape index (κ1) is 17.2. The molecule has 112 valence electrons. The first-order valence-electron chi connectivity index (χ1n) is 6.64. The van der Waals surface area contributed by atoms with Crippen LogP contribution in [0.1, 0.15) is 24.1 Å². The van der Waals surface area contributed by atoms with Crippen molar-refractivity contribution in [2.24, 2.45) is 0 Å². The molecule has 1 atom stereocenters. The van der Waals surface area contributed by atoms with Crippen LogP contribution < -0.4 is 5.32 Å². The molecular formula is C16H15BrClFIN. The molecule has 0 spiro atoms. The molecule has 21 heavy (non-hydrogen) atoms. The summed E-state index contributed by atoms with van der Waals surface area (Å²) in [6.45, 7) is 2.89. The fourth-order valence-electron chi connectivity index (χ4n) is 2.25. The Morgan fingerprint density at radius 2 is 2.10 bits per heavy atom. The molecule has 0 saturated carbocycles. The summed E-state index contributed by atoms with van der Waals surface area (Å²) in [5, 5.41) is 3.67.